The van der Waals surface area contributed by atoms with Gasteiger partial charge < -0.3 is 10.6 Å². The van der Waals surface area contributed by atoms with Gasteiger partial charge in [0.15, 0.2) is 0 Å². The Morgan fingerprint density at radius 1 is 1.04 bits per heavy atom. The summed E-state index contributed by atoms with van der Waals surface area (Å²) in [5.74, 6) is 0. The van der Waals surface area contributed by atoms with Crippen molar-refractivity contribution in [3.63, 3.8) is 0 Å². The normalized spacial score (nSPS) is 12.3. The molecule has 128 valence electrons. The van der Waals surface area contributed by atoms with E-state index >= 15 is 0 Å². The molecule has 2 rings (SSSR count). The fourth-order valence-corrected chi connectivity index (χ4v) is 2.81. The lowest BCUT2D eigenvalue weighted by atomic mass is 10.1. The third-order valence-corrected chi connectivity index (χ3v) is 3.92. The van der Waals surface area contributed by atoms with E-state index in [1.165, 1.54) is 0 Å². The van der Waals surface area contributed by atoms with Crippen LogP contribution >= 0.6 is 0 Å². The third kappa shape index (κ3) is 5.58. The molecule has 6 nitrogen and oxygen atoms in total. The number of hydrogen-bond acceptors (Lipinski definition) is 3. The Hall–Kier alpha value is -2.54. The fraction of sp³-hybridized carbons (Fsp3) is 0.235. The molecule has 0 saturated heterocycles. The van der Waals surface area contributed by atoms with E-state index in [1.807, 2.05) is 44.2 Å². The smallest absolute Gasteiger partial charge is 0.319 e. The van der Waals surface area contributed by atoms with E-state index in [4.69, 9.17) is 0 Å². The van der Waals surface area contributed by atoms with Crippen molar-refractivity contribution in [2.45, 2.75) is 19.9 Å². The van der Waals surface area contributed by atoms with E-state index in [1.54, 1.807) is 18.2 Å². The van der Waals surface area contributed by atoms with E-state index < -0.39 is 10.0 Å². The quantitative estimate of drug-likeness (QED) is 0.776. The second-order valence-corrected chi connectivity index (χ2v) is 7.44. The Balaban J connectivity index is 2.02. The SMILES string of the molecule is Cc1cccc(NC(=O)NC(C)c2cccc(NS(C)(=O)=O)c2)c1. The first-order valence-electron chi connectivity index (χ1n) is 7.45. The first kappa shape index (κ1) is 17.8. The first-order chi connectivity index (χ1) is 11.2. The number of hydrogen-bond donors (Lipinski definition) is 3. The van der Waals surface area contributed by atoms with Gasteiger partial charge in [0.2, 0.25) is 10.0 Å². The second-order valence-electron chi connectivity index (χ2n) is 5.69. The Kier molecular flexibility index (Phi) is 5.46. The highest BCUT2D eigenvalue weighted by Crippen LogP contribution is 2.18. The Labute approximate surface area is 142 Å². The molecular weight excluding hydrogens is 326 g/mol. The highest BCUT2D eigenvalue weighted by atomic mass is 32.2. The average Bonchev–Trinajstić information content (AvgIpc) is 2.45. The van der Waals surface area contributed by atoms with Gasteiger partial charge in [0.25, 0.3) is 0 Å². The predicted molar refractivity (Wildman–Crippen MR) is 96.7 cm³/mol. The molecule has 24 heavy (non-hydrogen) atoms. The van der Waals surface area contributed by atoms with Crippen molar-refractivity contribution in [1.29, 1.82) is 0 Å². The lowest BCUT2D eigenvalue weighted by Crippen LogP contribution is -2.31. The Bertz CT molecular complexity index is 834. The van der Waals surface area contributed by atoms with Crippen molar-refractivity contribution in [2.24, 2.45) is 0 Å². The van der Waals surface area contributed by atoms with Crippen LogP contribution in [0.2, 0.25) is 0 Å². The molecule has 0 radical (unpaired) electrons. The number of benzene rings is 2. The number of anilines is 2. The van der Waals surface area contributed by atoms with E-state index in [9.17, 15) is 13.2 Å². The minimum atomic E-state index is -3.34. The maximum atomic E-state index is 12.1. The third-order valence-electron chi connectivity index (χ3n) is 3.31. The highest BCUT2D eigenvalue weighted by Gasteiger charge is 2.11. The zero-order valence-electron chi connectivity index (χ0n) is 13.8. The van der Waals surface area contributed by atoms with Crippen molar-refractivity contribution in [3.05, 3.63) is 59.7 Å². The fourth-order valence-electron chi connectivity index (χ4n) is 2.26. The number of amides is 2. The number of carbonyl (C=O) groups is 1. The molecule has 0 heterocycles. The number of carbonyl (C=O) groups excluding carboxylic acids is 1. The van der Waals surface area contributed by atoms with Crippen LogP contribution < -0.4 is 15.4 Å². The molecule has 3 N–H and O–H groups in total. The standard InChI is InChI=1S/C17H21N3O3S/c1-12-6-4-8-15(10-12)19-17(21)18-13(2)14-7-5-9-16(11-14)20-24(3,22)23/h4-11,13,20H,1-3H3,(H2,18,19,21). The van der Waals surface area contributed by atoms with E-state index in [2.05, 4.69) is 15.4 Å². The summed E-state index contributed by atoms with van der Waals surface area (Å²) in [6.45, 7) is 3.78. The van der Waals surface area contributed by atoms with Gasteiger partial charge in [-0.25, -0.2) is 13.2 Å². The molecule has 2 amide bonds. The van der Waals surface area contributed by atoms with Crippen LogP contribution in [0.5, 0.6) is 0 Å². The van der Waals surface area contributed by atoms with Gasteiger partial charge in [0.1, 0.15) is 0 Å². The van der Waals surface area contributed by atoms with Crippen molar-refractivity contribution < 1.29 is 13.2 Å². The maximum Gasteiger partial charge on any atom is 0.319 e. The zero-order valence-corrected chi connectivity index (χ0v) is 14.6. The van der Waals surface area contributed by atoms with Gasteiger partial charge in [-0.3, -0.25) is 4.72 Å². The van der Waals surface area contributed by atoms with E-state index in [-0.39, 0.29) is 12.1 Å². The van der Waals surface area contributed by atoms with Crippen LogP contribution in [0, 0.1) is 6.92 Å². The molecule has 0 aromatic heterocycles. The van der Waals surface area contributed by atoms with Crippen LogP contribution in [0.3, 0.4) is 0 Å². The molecule has 0 bridgehead atoms. The first-order valence-corrected chi connectivity index (χ1v) is 9.34. The minimum Gasteiger partial charge on any atom is -0.331 e. The molecule has 0 fully saturated rings. The lowest BCUT2D eigenvalue weighted by Gasteiger charge is -2.16. The molecule has 0 aliphatic carbocycles. The molecule has 1 unspecified atom stereocenters. The van der Waals surface area contributed by atoms with Gasteiger partial charge in [0, 0.05) is 11.4 Å². The number of urea groups is 1. The second kappa shape index (κ2) is 7.35. The van der Waals surface area contributed by atoms with Crippen LogP contribution in [0.1, 0.15) is 24.1 Å². The molecule has 0 aliphatic heterocycles. The summed E-state index contributed by atoms with van der Waals surface area (Å²) in [5, 5.41) is 5.60. The van der Waals surface area contributed by atoms with E-state index in [0.717, 1.165) is 17.4 Å². The van der Waals surface area contributed by atoms with Gasteiger partial charge in [-0.05, 0) is 49.2 Å². The number of aryl methyl sites for hydroxylation is 1. The summed E-state index contributed by atoms with van der Waals surface area (Å²) in [5.41, 5.74) is 3.03. The van der Waals surface area contributed by atoms with Crippen molar-refractivity contribution in [2.75, 3.05) is 16.3 Å². The molecule has 7 heteroatoms. The summed E-state index contributed by atoms with van der Waals surface area (Å²) >= 11 is 0. The molecular formula is C17H21N3O3S. The van der Waals surface area contributed by atoms with Crippen LogP contribution in [-0.4, -0.2) is 20.7 Å². The van der Waals surface area contributed by atoms with Crippen LogP contribution in [0.4, 0.5) is 16.2 Å². The topological polar surface area (TPSA) is 87.3 Å². The van der Waals surface area contributed by atoms with Gasteiger partial charge in [0.05, 0.1) is 12.3 Å². The summed E-state index contributed by atoms with van der Waals surface area (Å²) in [6, 6.07) is 13.8. The van der Waals surface area contributed by atoms with Crippen LogP contribution in [0.25, 0.3) is 0 Å². The molecule has 0 aliphatic rings. The van der Waals surface area contributed by atoms with Crippen molar-refractivity contribution in [3.8, 4) is 0 Å². The van der Waals surface area contributed by atoms with E-state index in [0.29, 0.717) is 11.4 Å². The minimum absolute atomic E-state index is 0.281. The highest BCUT2D eigenvalue weighted by molar-refractivity contribution is 7.92. The molecule has 0 spiro atoms. The Morgan fingerprint density at radius 3 is 2.38 bits per heavy atom. The van der Waals surface area contributed by atoms with Gasteiger partial charge in [-0.15, -0.1) is 0 Å². The largest absolute Gasteiger partial charge is 0.331 e. The molecule has 0 saturated carbocycles. The average molecular weight is 347 g/mol. The molecule has 1 atom stereocenters. The Morgan fingerprint density at radius 2 is 1.71 bits per heavy atom. The maximum absolute atomic E-state index is 12.1. The summed E-state index contributed by atoms with van der Waals surface area (Å²) in [4.78, 5) is 12.1. The number of rotatable bonds is 5. The van der Waals surface area contributed by atoms with Crippen LogP contribution in [0.15, 0.2) is 48.5 Å². The monoisotopic (exact) mass is 347 g/mol. The molecule has 2 aromatic carbocycles. The summed E-state index contributed by atoms with van der Waals surface area (Å²) in [6.07, 6.45) is 1.09. The number of nitrogens with one attached hydrogen (secondary N) is 3. The summed E-state index contributed by atoms with van der Waals surface area (Å²) < 4.78 is 25.0. The summed E-state index contributed by atoms with van der Waals surface area (Å²) in [7, 11) is -3.34. The van der Waals surface area contributed by atoms with Gasteiger partial charge in [-0.2, -0.15) is 0 Å². The van der Waals surface area contributed by atoms with Crippen molar-refractivity contribution >= 4 is 27.4 Å². The number of sulfonamides is 1. The molecule has 2 aromatic rings. The predicted octanol–water partition coefficient (Wildman–Crippen LogP) is 3.25. The zero-order chi connectivity index (χ0) is 17.7. The van der Waals surface area contributed by atoms with Crippen molar-refractivity contribution in [1.82, 2.24) is 5.32 Å². The lowest BCUT2D eigenvalue weighted by molar-refractivity contribution is 0.249. The van der Waals surface area contributed by atoms with Crippen LogP contribution in [-0.2, 0) is 10.0 Å². The van der Waals surface area contributed by atoms with Gasteiger partial charge in [-0.1, -0.05) is 24.3 Å². The van der Waals surface area contributed by atoms with Gasteiger partial charge >= 0.3 is 6.03 Å².